The molecule has 0 N–H and O–H groups in total. The zero-order chi connectivity index (χ0) is 19.4. The number of rotatable bonds is 6. The summed E-state index contributed by atoms with van der Waals surface area (Å²) in [5.41, 5.74) is 3.50. The Hall–Kier alpha value is -2.34. The van der Waals surface area contributed by atoms with Crippen LogP contribution in [0.2, 0.25) is 0 Å². The number of sulfone groups is 1. The molecule has 0 fully saturated rings. The Bertz CT molecular complexity index is 920. The number of nitrogens with zero attached hydrogens (tertiary/aromatic N) is 1. The van der Waals surface area contributed by atoms with Gasteiger partial charge in [-0.25, -0.2) is 8.42 Å². The van der Waals surface area contributed by atoms with Gasteiger partial charge in [-0.05, 0) is 62.1 Å². The van der Waals surface area contributed by atoms with Crippen molar-refractivity contribution in [3.05, 3.63) is 53.6 Å². The lowest BCUT2D eigenvalue weighted by Crippen LogP contribution is -2.35. The highest BCUT2D eigenvalue weighted by molar-refractivity contribution is 7.90. The van der Waals surface area contributed by atoms with E-state index in [1.807, 2.05) is 17.0 Å². The van der Waals surface area contributed by atoms with Gasteiger partial charge in [-0.2, -0.15) is 0 Å². The number of aryl methyl sites for hydroxylation is 2. The van der Waals surface area contributed by atoms with Crippen molar-refractivity contribution >= 4 is 21.4 Å². The van der Waals surface area contributed by atoms with Crippen LogP contribution in [0.4, 0.5) is 5.69 Å². The van der Waals surface area contributed by atoms with Crippen molar-refractivity contribution in [3.63, 3.8) is 0 Å². The Balaban J connectivity index is 1.51. The summed E-state index contributed by atoms with van der Waals surface area (Å²) in [6.07, 6.45) is 4.23. The molecule has 0 aromatic heterocycles. The molecule has 0 spiro atoms. The van der Waals surface area contributed by atoms with Gasteiger partial charge in [-0.1, -0.05) is 17.7 Å². The molecule has 1 aliphatic rings. The van der Waals surface area contributed by atoms with E-state index in [-0.39, 0.29) is 10.8 Å². The maximum Gasteiger partial charge on any atom is 0.227 e. The normalized spacial score (nSPS) is 13.9. The number of amides is 1. The summed E-state index contributed by atoms with van der Waals surface area (Å²) in [6, 6.07) is 12.6. The fourth-order valence-electron chi connectivity index (χ4n) is 3.32. The van der Waals surface area contributed by atoms with Crippen molar-refractivity contribution in [1.29, 1.82) is 0 Å². The number of carbonyl (C=O) groups is 1. The zero-order valence-corrected chi connectivity index (χ0v) is 16.6. The minimum Gasteiger partial charge on any atom is -0.494 e. The third-order valence-electron chi connectivity index (χ3n) is 4.71. The van der Waals surface area contributed by atoms with Crippen LogP contribution in [-0.4, -0.2) is 33.7 Å². The summed E-state index contributed by atoms with van der Waals surface area (Å²) in [5.74, 6) is 0.726. The fourth-order valence-corrected chi connectivity index (χ4v) is 3.95. The minimum absolute atomic E-state index is 0.121. The van der Waals surface area contributed by atoms with Gasteiger partial charge in [-0.15, -0.1) is 0 Å². The molecule has 2 aromatic rings. The van der Waals surface area contributed by atoms with E-state index in [2.05, 4.69) is 13.0 Å². The summed E-state index contributed by atoms with van der Waals surface area (Å²) in [7, 11) is -3.20. The third kappa shape index (κ3) is 4.89. The molecular formula is C21H25NO4S. The molecule has 0 saturated heterocycles. The van der Waals surface area contributed by atoms with E-state index in [1.165, 1.54) is 29.5 Å². The second-order valence-corrected chi connectivity index (χ2v) is 8.99. The van der Waals surface area contributed by atoms with E-state index in [0.29, 0.717) is 25.2 Å². The molecule has 6 heteroatoms. The van der Waals surface area contributed by atoms with E-state index in [9.17, 15) is 13.2 Å². The highest BCUT2D eigenvalue weighted by Gasteiger charge is 2.22. The van der Waals surface area contributed by atoms with Gasteiger partial charge in [0, 0.05) is 24.9 Å². The van der Waals surface area contributed by atoms with Gasteiger partial charge < -0.3 is 9.64 Å². The Morgan fingerprint density at radius 2 is 1.89 bits per heavy atom. The molecule has 1 amide bonds. The van der Waals surface area contributed by atoms with Crippen LogP contribution in [0, 0.1) is 6.92 Å². The molecule has 144 valence electrons. The van der Waals surface area contributed by atoms with Gasteiger partial charge >= 0.3 is 0 Å². The molecule has 0 aliphatic carbocycles. The number of benzene rings is 2. The van der Waals surface area contributed by atoms with Gasteiger partial charge in [-0.3, -0.25) is 4.79 Å². The summed E-state index contributed by atoms with van der Waals surface area (Å²) in [5, 5.41) is 0. The molecule has 1 aliphatic heterocycles. The SMILES string of the molecule is Cc1ccc2c(c1)CCCN2C(=O)CCCOc1ccc(S(C)(=O)=O)cc1. The predicted molar refractivity (Wildman–Crippen MR) is 106 cm³/mol. The lowest BCUT2D eigenvalue weighted by atomic mass is 9.99. The van der Waals surface area contributed by atoms with Crippen LogP contribution in [0.3, 0.4) is 0 Å². The topological polar surface area (TPSA) is 63.7 Å². The second kappa shape index (κ2) is 8.13. The summed E-state index contributed by atoms with van der Waals surface area (Å²) in [4.78, 5) is 14.8. The zero-order valence-electron chi connectivity index (χ0n) is 15.8. The first-order chi connectivity index (χ1) is 12.8. The summed E-state index contributed by atoms with van der Waals surface area (Å²) >= 11 is 0. The average molecular weight is 388 g/mol. The molecule has 0 saturated carbocycles. The van der Waals surface area contributed by atoms with Crippen LogP contribution in [0.15, 0.2) is 47.4 Å². The number of hydrogen-bond donors (Lipinski definition) is 0. The van der Waals surface area contributed by atoms with Gasteiger partial charge in [0.2, 0.25) is 5.91 Å². The minimum atomic E-state index is -3.20. The Morgan fingerprint density at radius 1 is 1.15 bits per heavy atom. The van der Waals surface area contributed by atoms with E-state index in [0.717, 1.165) is 25.1 Å². The maximum atomic E-state index is 12.6. The summed E-state index contributed by atoms with van der Waals surface area (Å²) in [6.45, 7) is 3.25. The lowest BCUT2D eigenvalue weighted by molar-refractivity contribution is -0.118. The van der Waals surface area contributed by atoms with Gasteiger partial charge in [0.05, 0.1) is 11.5 Å². The smallest absolute Gasteiger partial charge is 0.227 e. The van der Waals surface area contributed by atoms with Crippen LogP contribution >= 0.6 is 0 Å². The largest absolute Gasteiger partial charge is 0.494 e. The van der Waals surface area contributed by atoms with Crippen molar-refractivity contribution < 1.29 is 17.9 Å². The molecule has 27 heavy (non-hydrogen) atoms. The second-order valence-electron chi connectivity index (χ2n) is 6.98. The highest BCUT2D eigenvalue weighted by Crippen LogP contribution is 2.28. The van der Waals surface area contributed by atoms with Gasteiger partial charge in [0.15, 0.2) is 9.84 Å². The van der Waals surface area contributed by atoms with Crippen LogP contribution in [0.25, 0.3) is 0 Å². The summed E-state index contributed by atoms with van der Waals surface area (Å²) < 4.78 is 28.5. The molecule has 1 heterocycles. The van der Waals surface area contributed by atoms with E-state index >= 15 is 0 Å². The first kappa shape index (κ1) is 19.4. The molecule has 0 radical (unpaired) electrons. The average Bonchev–Trinajstić information content (AvgIpc) is 2.64. The number of fused-ring (bicyclic) bond motifs is 1. The molecule has 2 aromatic carbocycles. The highest BCUT2D eigenvalue weighted by atomic mass is 32.2. The standard InChI is InChI=1S/C21H25NO4S/c1-16-7-12-20-17(15-16)5-3-13-22(20)21(23)6-4-14-26-18-8-10-19(11-9-18)27(2,24)25/h7-12,15H,3-6,13-14H2,1-2H3. The first-order valence-corrected chi connectivity index (χ1v) is 11.1. The molecule has 0 unspecified atom stereocenters. The maximum absolute atomic E-state index is 12.6. The van der Waals surface area contributed by atoms with Crippen LogP contribution < -0.4 is 9.64 Å². The number of carbonyl (C=O) groups excluding carboxylic acids is 1. The van der Waals surface area contributed by atoms with Gasteiger partial charge in [0.25, 0.3) is 0 Å². The predicted octanol–water partition coefficient (Wildman–Crippen LogP) is 3.54. The molecule has 0 bridgehead atoms. The Morgan fingerprint density at radius 3 is 2.59 bits per heavy atom. The van der Waals surface area contributed by atoms with Crippen LogP contribution in [0.5, 0.6) is 5.75 Å². The Kier molecular flexibility index (Phi) is 5.85. The fraction of sp³-hybridized carbons (Fsp3) is 0.381. The van der Waals surface area contributed by atoms with Crippen LogP contribution in [-0.2, 0) is 21.1 Å². The van der Waals surface area contributed by atoms with Crippen molar-refractivity contribution in [2.45, 2.75) is 37.5 Å². The van der Waals surface area contributed by atoms with Crippen LogP contribution in [0.1, 0.15) is 30.4 Å². The monoisotopic (exact) mass is 387 g/mol. The number of ether oxygens (including phenoxy) is 1. The molecule has 0 atom stereocenters. The van der Waals surface area contributed by atoms with Crippen molar-refractivity contribution in [1.82, 2.24) is 0 Å². The van der Waals surface area contributed by atoms with Crippen molar-refractivity contribution in [3.8, 4) is 5.75 Å². The van der Waals surface area contributed by atoms with E-state index < -0.39 is 9.84 Å². The van der Waals surface area contributed by atoms with Gasteiger partial charge in [0.1, 0.15) is 5.75 Å². The Labute approximate surface area is 160 Å². The molecule has 3 rings (SSSR count). The molecular weight excluding hydrogens is 362 g/mol. The lowest BCUT2D eigenvalue weighted by Gasteiger charge is -2.30. The quantitative estimate of drug-likeness (QED) is 0.711. The van der Waals surface area contributed by atoms with Crippen molar-refractivity contribution in [2.75, 3.05) is 24.3 Å². The number of hydrogen-bond acceptors (Lipinski definition) is 4. The number of anilines is 1. The first-order valence-electron chi connectivity index (χ1n) is 9.17. The molecule has 5 nitrogen and oxygen atoms in total. The third-order valence-corrected chi connectivity index (χ3v) is 5.84. The van der Waals surface area contributed by atoms with E-state index in [1.54, 1.807) is 12.1 Å². The van der Waals surface area contributed by atoms with E-state index in [4.69, 9.17) is 4.74 Å². The van der Waals surface area contributed by atoms with Crippen molar-refractivity contribution in [2.24, 2.45) is 0 Å².